The fourth-order valence-corrected chi connectivity index (χ4v) is 1.86. The topological polar surface area (TPSA) is 52.9 Å². The summed E-state index contributed by atoms with van der Waals surface area (Å²) in [7, 11) is 0. The molecule has 0 spiro atoms. The van der Waals surface area contributed by atoms with Crippen LogP contribution in [0.25, 0.3) is 0 Å². The lowest BCUT2D eigenvalue weighted by molar-refractivity contribution is 0.0940. The maximum Gasteiger partial charge on any atom is 0.255 e. The molecule has 0 radical (unpaired) electrons. The summed E-state index contributed by atoms with van der Waals surface area (Å²) < 4.78 is 26.6. The first-order chi connectivity index (χ1) is 10.0. The van der Waals surface area contributed by atoms with Crippen molar-refractivity contribution in [2.45, 2.75) is 6.04 Å². The summed E-state index contributed by atoms with van der Waals surface area (Å²) in [5.41, 5.74) is 0.0382. The third-order valence-corrected chi connectivity index (χ3v) is 3.06. The molecule has 0 unspecified atom stereocenters. The van der Waals surface area contributed by atoms with Crippen molar-refractivity contribution < 1.29 is 13.6 Å². The highest BCUT2D eigenvalue weighted by molar-refractivity contribution is 6.30. The summed E-state index contributed by atoms with van der Waals surface area (Å²) >= 11 is 5.74. The Labute approximate surface area is 124 Å². The molecule has 0 bridgehead atoms. The molecule has 0 saturated heterocycles. The summed E-state index contributed by atoms with van der Waals surface area (Å²) in [5, 5.41) is 11.9. The summed E-state index contributed by atoms with van der Waals surface area (Å²) in [4.78, 5) is 11.9. The Morgan fingerprint density at radius 1 is 1.19 bits per heavy atom. The standard InChI is InChI=1S/C15H9ClF2N2O/c16-10-6-4-9(5-7-10)13(8-19)20-15(21)11-2-1-3-12(17)14(11)18/h1-7,13H,(H,20,21)/t13-/m0/s1. The van der Waals surface area contributed by atoms with Gasteiger partial charge in [0.15, 0.2) is 11.6 Å². The van der Waals surface area contributed by atoms with Gasteiger partial charge >= 0.3 is 0 Å². The SMILES string of the molecule is N#C[C@H](NC(=O)c1cccc(F)c1F)c1ccc(Cl)cc1. The van der Waals surface area contributed by atoms with Crippen molar-refractivity contribution >= 4 is 17.5 Å². The summed E-state index contributed by atoms with van der Waals surface area (Å²) in [6, 6.07) is 10.4. The van der Waals surface area contributed by atoms with Gasteiger partial charge in [-0.1, -0.05) is 29.8 Å². The van der Waals surface area contributed by atoms with E-state index in [9.17, 15) is 13.6 Å². The van der Waals surface area contributed by atoms with Crippen LogP contribution in [0.15, 0.2) is 42.5 Å². The zero-order chi connectivity index (χ0) is 15.4. The average Bonchev–Trinajstić information content (AvgIpc) is 2.48. The van der Waals surface area contributed by atoms with E-state index in [0.29, 0.717) is 10.6 Å². The highest BCUT2D eigenvalue weighted by Gasteiger charge is 2.19. The molecule has 2 aromatic rings. The number of amides is 1. The van der Waals surface area contributed by atoms with E-state index >= 15 is 0 Å². The maximum absolute atomic E-state index is 13.5. The van der Waals surface area contributed by atoms with Gasteiger partial charge in [0.2, 0.25) is 0 Å². The molecular formula is C15H9ClF2N2O. The Morgan fingerprint density at radius 2 is 1.86 bits per heavy atom. The second-order valence-electron chi connectivity index (χ2n) is 4.19. The lowest BCUT2D eigenvalue weighted by atomic mass is 10.1. The summed E-state index contributed by atoms with van der Waals surface area (Å²) in [6.07, 6.45) is 0. The quantitative estimate of drug-likeness (QED) is 0.941. The number of benzene rings is 2. The van der Waals surface area contributed by atoms with Gasteiger partial charge in [0.1, 0.15) is 6.04 Å². The molecule has 0 aromatic heterocycles. The molecule has 3 nitrogen and oxygen atoms in total. The van der Waals surface area contributed by atoms with Crippen LogP contribution in [-0.2, 0) is 0 Å². The minimum atomic E-state index is -1.25. The highest BCUT2D eigenvalue weighted by Crippen LogP contribution is 2.18. The van der Waals surface area contributed by atoms with E-state index < -0.39 is 29.1 Å². The number of nitriles is 1. The van der Waals surface area contributed by atoms with Crippen LogP contribution in [0.3, 0.4) is 0 Å². The first-order valence-corrected chi connectivity index (χ1v) is 6.30. The third kappa shape index (κ3) is 3.36. The molecule has 0 heterocycles. The van der Waals surface area contributed by atoms with Gasteiger partial charge in [0.05, 0.1) is 11.6 Å². The van der Waals surface area contributed by atoms with Crippen LogP contribution in [0.1, 0.15) is 22.0 Å². The van der Waals surface area contributed by atoms with Crippen LogP contribution in [0.2, 0.25) is 5.02 Å². The van der Waals surface area contributed by atoms with E-state index in [1.807, 2.05) is 6.07 Å². The van der Waals surface area contributed by atoms with Gasteiger partial charge in [-0.25, -0.2) is 8.78 Å². The zero-order valence-corrected chi connectivity index (χ0v) is 11.4. The van der Waals surface area contributed by atoms with Crippen LogP contribution >= 0.6 is 11.6 Å². The Hall–Kier alpha value is -2.45. The summed E-state index contributed by atoms with van der Waals surface area (Å²) in [5.74, 6) is -3.24. The van der Waals surface area contributed by atoms with E-state index in [1.54, 1.807) is 24.3 Å². The normalized spacial score (nSPS) is 11.5. The van der Waals surface area contributed by atoms with Gasteiger partial charge in [-0.3, -0.25) is 4.79 Å². The third-order valence-electron chi connectivity index (χ3n) is 2.80. The second-order valence-corrected chi connectivity index (χ2v) is 4.62. The van der Waals surface area contributed by atoms with Crippen molar-refractivity contribution in [3.05, 3.63) is 70.2 Å². The van der Waals surface area contributed by atoms with Crippen molar-refractivity contribution in [2.75, 3.05) is 0 Å². The first kappa shape index (κ1) is 14.9. The average molecular weight is 307 g/mol. The molecule has 21 heavy (non-hydrogen) atoms. The van der Waals surface area contributed by atoms with Crippen LogP contribution in [0.4, 0.5) is 8.78 Å². The first-order valence-electron chi connectivity index (χ1n) is 5.93. The fraction of sp³-hybridized carbons (Fsp3) is 0.0667. The molecule has 0 aliphatic heterocycles. The predicted octanol–water partition coefficient (Wildman–Crippen LogP) is 3.61. The molecule has 0 aliphatic rings. The Bertz CT molecular complexity index is 711. The molecule has 106 valence electrons. The molecule has 0 aliphatic carbocycles. The van der Waals surface area contributed by atoms with E-state index in [-0.39, 0.29) is 0 Å². The van der Waals surface area contributed by atoms with E-state index in [1.165, 1.54) is 6.07 Å². The van der Waals surface area contributed by atoms with Gasteiger partial charge in [-0.15, -0.1) is 0 Å². The molecular weight excluding hydrogens is 298 g/mol. The largest absolute Gasteiger partial charge is 0.332 e. The Kier molecular flexibility index (Phi) is 4.51. The van der Waals surface area contributed by atoms with Crippen molar-refractivity contribution in [1.29, 1.82) is 5.26 Å². The predicted molar refractivity (Wildman–Crippen MR) is 73.6 cm³/mol. The van der Waals surface area contributed by atoms with Crippen LogP contribution in [-0.4, -0.2) is 5.91 Å². The minimum absolute atomic E-state index is 0.454. The number of carbonyl (C=O) groups excluding carboxylic acids is 1. The highest BCUT2D eigenvalue weighted by atomic mass is 35.5. The second kappa shape index (κ2) is 6.33. The molecule has 1 N–H and O–H groups in total. The maximum atomic E-state index is 13.5. The van der Waals surface area contributed by atoms with E-state index in [0.717, 1.165) is 12.1 Å². The van der Waals surface area contributed by atoms with Crippen molar-refractivity contribution in [3.63, 3.8) is 0 Å². The lowest BCUT2D eigenvalue weighted by Gasteiger charge is -2.12. The van der Waals surface area contributed by atoms with Gasteiger partial charge in [-0.05, 0) is 29.8 Å². The van der Waals surface area contributed by atoms with Crippen LogP contribution in [0.5, 0.6) is 0 Å². The van der Waals surface area contributed by atoms with E-state index in [4.69, 9.17) is 16.9 Å². The molecule has 2 rings (SSSR count). The fourth-order valence-electron chi connectivity index (χ4n) is 1.73. The van der Waals surface area contributed by atoms with Crippen molar-refractivity contribution in [3.8, 4) is 6.07 Å². The molecule has 2 aromatic carbocycles. The number of nitrogens with zero attached hydrogens (tertiary/aromatic N) is 1. The smallest absolute Gasteiger partial charge is 0.255 e. The van der Waals surface area contributed by atoms with Crippen molar-refractivity contribution in [2.24, 2.45) is 0 Å². The van der Waals surface area contributed by atoms with Crippen molar-refractivity contribution in [1.82, 2.24) is 5.32 Å². The Balaban J connectivity index is 2.23. The molecule has 0 fully saturated rings. The molecule has 6 heteroatoms. The molecule has 1 atom stereocenters. The van der Waals surface area contributed by atoms with Crippen LogP contribution in [0, 0.1) is 23.0 Å². The number of halogens is 3. The minimum Gasteiger partial charge on any atom is -0.332 e. The summed E-state index contributed by atoms with van der Waals surface area (Å²) in [6.45, 7) is 0. The number of rotatable bonds is 3. The number of carbonyl (C=O) groups is 1. The van der Waals surface area contributed by atoms with Crippen LogP contribution < -0.4 is 5.32 Å². The molecule has 0 saturated carbocycles. The molecule has 1 amide bonds. The number of hydrogen-bond acceptors (Lipinski definition) is 2. The lowest BCUT2D eigenvalue weighted by Crippen LogP contribution is -2.28. The van der Waals surface area contributed by atoms with Gasteiger partial charge < -0.3 is 5.32 Å². The zero-order valence-electron chi connectivity index (χ0n) is 10.6. The number of hydrogen-bond donors (Lipinski definition) is 1. The Morgan fingerprint density at radius 3 is 2.48 bits per heavy atom. The monoisotopic (exact) mass is 306 g/mol. The van der Waals surface area contributed by atoms with Gasteiger partial charge in [-0.2, -0.15) is 5.26 Å². The number of nitrogens with one attached hydrogen (secondary N) is 1. The van der Waals surface area contributed by atoms with Gasteiger partial charge in [0, 0.05) is 5.02 Å². The van der Waals surface area contributed by atoms with Gasteiger partial charge in [0.25, 0.3) is 5.91 Å². The van der Waals surface area contributed by atoms with E-state index in [2.05, 4.69) is 5.32 Å².